The molecule has 0 aliphatic carbocycles. The molecule has 0 radical (unpaired) electrons. The van der Waals surface area contributed by atoms with E-state index in [9.17, 15) is 4.79 Å². The highest BCUT2D eigenvalue weighted by Crippen LogP contribution is 2.29. The van der Waals surface area contributed by atoms with Crippen molar-refractivity contribution in [2.45, 2.75) is 19.9 Å². The number of nitrogen functional groups attached to an aromatic ring is 1. The van der Waals surface area contributed by atoms with E-state index in [2.05, 4.69) is 12.0 Å². The van der Waals surface area contributed by atoms with Crippen molar-refractivity contribution in [3.63, 3.8) is 0 Å². The Hall–Kier alpha value is -2.50. The summed E-state index contributed by atoms with van der Waals surface area (Å²) in [6.45, 7) is 2.85. The average Bonchev–Trinajstić information content (AvgIpc) is 2.79. The van der Waals surface area contributed by atoms with E-state index in [1.165, 1.54) is 6.07 Å². The fraction of sp³-hybridized carbons (Fsp3) is 0.231. The van der Waals surface area contributed by atoms with Crippen LogP contribution in [0.3, 0.4) is 0 Å². The van der Waals surface area contributed by atoms with Gasteiger partial charge in [-0.2, -0.15) is 5.10 Å². The van der Waals surface area contributed by atoms with Crippen LogP contribution in [0.25, 0.3) is 0 Å². The largest absolute Gasteiger partial charge is 0.478 e. The molecule has 0 amide bonds. The molecule has 1 aromatic carbocycles. The normalized spacial score (nSPS) is 10.4. The Bertz CT molecular complexity index is 593. The summed E-state index contributed by atoms with van der Waals surface area (Å²) in [5.74, 6) is -0.233. The molecular weight excluding hydrogens is 246 g/mol. The van der Waals surface area contributed by atoms with E-state index in [-0.39, 0.29) is 11.3 Å². The second kappa shape index (κ2) is 5.43. The number of nitrogens with zero attached hydrogens (tertiary/aromatic N) is 2. The van der Waals surface area contributed by atoms with Crippen LogP contribution in [-0.4, -0.2) is 20.9 Å². The first-order valence-corrected chi connectivity index (χ1v) is 5.94. The number of nitrogens with two attached hydrogens (primary N) is 1. The summed E-state index contributed by atoms with van der Waals surface area (Å²) in [4.78, 5) is 11.0. The zero-order chi connectivity index (χ0) is 13.8. The van der Waals surface area contributed by atoms with Crippen molar-refractivity contribution in [2.75, 3.05) is 5.73 Å². The Kier molecular flexibility index (Phi) is 3.70. The summed E-state index contributed by atoms with van der Waals surface area (Å²) >= 11 is 0. The molecule has 6 heteroatoms. The number of rotatable bonds is 5. The van der Waals surface area contributed by atoms with Crippen LogP contribution in [0.4, 0.5) is 5.69 Å². The number of aromatic nitrogens is 2. The molecule has 0 unspecified atom stereocenters. The second-order valence-corrected chi connectivity index (χ2v) is 4.06. The minimum absolute atomic E-state index is 0.0263. The molecule has 0 saturated heterocycles. The van der Waals surface area contributed by atoms with Gasteiger partial charge in [0, 0.05) is 6.54 Å². The molecule has 0 saturated carbocycles. The van der Waals surface area contributed by atoms with E-state index in [0.717, 1.165) is 13.0 Å². The number of para-hydroxylation sites is 1. The number of aromatic carboxylic acids is 1. The van der Waals surface area contributed by atoms with Crippen LogP contribution in [0, 0.1) is 0 Å². The molecule has 2 rings (SSSR count). The van der Waals surface area contributed by atoms with Gasteiger partial charge in [-0.1, -0.05) is 13.0 Å². The quantitative estimate of drug-likeness (QED) is 0.806. The highest BCUT2D eigenvalue weighted by molar-refractivity contribution is 5.95. The Morgan fingerprint density at radius 3 is 3.00 bits per heavy atom. The predicted molar refractivity (Wildman–Crippen MR) is 70.4 cm³/mol. The van der Waals surface area contributed by atoms with Crippen molar-refractivity contribution in [2.24, 2.45) is 0 Å². The fourth-order valence-electron chi connectivity index (χ4n) is 1.70. The molecule has 0 spiro atoms. The van der Waals surface area contributed by atoms with Gasteiger partial charge in [-0.25, -0.2) is 4.79 Å². The number of carboxylic acid groups (broad SMARTS) is 1. The van der Waals surface area contributed by atoms with Gasteiger partial charge in [0.25, 0.3) is 0 Å². The molecule has 0 atom stereocenters. The highest BCUT2D eigenvalue weighted by atomic mass is 16.5. The summed E-state index contributed by atoms with van der Waals surface area (Å²) in [6.07, 6.45) is 4.29. The zero-order valence-corrected chi connectivity index (χ0v) is 10.5. The maximum absolute atomic E-state index is 11.0. The Labute approximate surface area is 110 Å². The van der Waals surface area contributed by atoms with Gasteiger partial charge in [0.15, 0.2) is 11.5 Å². The molecule has 2 aromatic rings. The minimum Gasteiger partial charge on any atom is -0.478 e. The number of hydrogen-bond donors (Lipinski definition) is 2. The van der Waals surface area contributed by atoms with Gasteiger partial charge < -0.3 is 15.6 Å². The molecule has 19 heavy (non-hydrogen) atoms. The first-order chi connectivity index (χ1) is 9.11. The molecule has 1 aromatic heterocycles. The first-order valence-electron chi connectivity index (χ1n) is 5.94. The first kappa shape index (κ1) is 12.9. The van der Waals surface area contributed by atoms with Crippen LogP contribution < -0.4 is 10.5 Å². The molecule has 0 bridgehead atoms. The summed E-state index contributed by atoms with van der Waals surface area (Å²) in [6, 6.07) is 4.65. The summed E-state index contributed by atoms with van der Waals surface area (Å²) < 4.78 is 7.31. The molecule has 0 aliphatic heterocycles. The number of ether oxygens (including phenoxy) is 1. The van der Waals surface area contributed by atoms with Crippen molar-refractivity contribution < 1.29 is 14.6 Å². The second-order valence-electron chi connectivity index (χ2n) is 4.06. The van der Waals surface area contributed by atoms with Crippen LogP contribution in [0.2, 0.25) is 0 Å². The van der Waals surface area contributed by atoms with E-state index in [4.69, 9.17) is 15.6 Å². The molecule has 1 heterocycles. The number of hydrogen-bond acceptors (Lipinski definition) is 4. The lowest BCUT2D eigenvalue weighted by molar-refractivity contribution is 0.0697. The lowest BCUT2D eigenvalue weighted by atomic mass is 10.1. The number of anilines is 1. The lowest BCUT2D eigenvalue weighted by Crippen LogP contribution is -2.03. The molecule has 0 aliphatic rings. The van der Waals surface area contributed by atoms with Gasteiger partial charge in [-0.15, -0.1) is 0 Å². The average molecular weight is 261 g/mol. The van der Waals surface area contributed by atoms with Crippen molar-refractivity contribution in [3.05, 3.63) is 36.2 Å². The summed E-state index contributed by atoms with van der Waals surface area (Å²) in [7, 11) is 0. The Morgan fingerprint density at radius 1 is 1.53 bits per heavy atom. The molecular formula is C13H15N3O3. The maximum atomic E-state index is 11.0. The third-order valence-corrected chi connectivity index (χ3v) is 2.59. The van der Waals surface area contributed by atoms with E-state index in [1.54, 1.807) is 29.2 Å². The smallest absolute Gasteiger partial charge is 0.337 e. The van der Waals surface area contributed by atoms with Crippen molar-refractivity contribution in [1.29, 1.82) is 0 Å². The third-order valence-electron chi connectivity index (χ3n) is 2.59. The maximum Gasteiger partial charge on any atom is 0.337 e. The summed E-state index contributed by atoms with van der Waals surface area (Å²) in [5.41, 5.74) is 5.90. The van der Waals surface area contributed by atoms with Crippen LogP contribution in [0.5, 0.6) is 11.5 Å². The predicted octanol–water partition coefficient (Wildman–Crippen LogP) is 2.37. The number of benzene rings is 1. The lowest BCUT2D eigenvalue weighted by Gasteiger charge is -2.08. The van der Waals surface area contributed by atoms with Crippen molar-refractivity contribution in [3.8, 4) is 11.5 Å². The molecule has 3 N–H and O–H groups in total. The Balaban J connectivity index is 2.23. The fourth-order valence-corrected chi connectivity index (χ4v) is 1.70. The third kappa shape index (κ3) is 2.85. The molecule has 0 fully saturated rings. The molecule has 100 valence electrons. The van der Waals surface area contributed by atoms with Crippen LogP contribution in [0.1, 0.15) is 23.7 Å². The van der Waals surface area contributed by atoms with Crippen molar-refractivity contribution in [1.82, 2.24) is 9.78 Å². The number of aryl methyl sites for hydroxylation is 1. The molecule has 6 nitrogen and oxygen atoms in total. The number of carbonyl (C=O) groups is 1. The van der Waals surface area contributed by atoms with Gasteiger partial charge in [0.05, 0.1) is 23.6 Å². The Morgan fingerprint density at radius 2 is 2.32 bits per heavy atom. The van der Waals surface area contributed by atoms with Crippen LogP contribution >= 0.6 is 0 Å². The topological polar surface area (TPSA) is 90.4 Å². The van der Waals surface area contributed by atoms with Gasteiger partial charge in [-0.3, -0.25) is 4.68 Å². The van der Waals surface area contributed by atoms with Gasteiger partial charge in [0.1, 0.15) is 0 Å². The highest BCUT2D eigenvalue weighted by Gasteiger charge is 2.13. The van der Waals surface area contributed by atoms with Gasteiger partial charge in [0.2, 0.25) is 0 Å². The minimum atomic E-state index is -1.08. The van der Waals surface area contributed by atoms with E-state index in [0.29, 0.717) is 11.5 Å². The summed E-state index contributed by atoms with van der Waals surface area (Å²) in [5, 5.41) is 13.1. The zero-order valence-electron chi connectivity index (χ0n) is 10.5. The van der Waals surface area contributed by atoms with Crippen molar-refractivity contribution >= 4 is 11.7 Å². The van der Waals surface area contributed by atoms with E-state index in [1.807, 2.05) is 0 Å². The van der Waals surface area contributed by atoms with Crippen LogP contribution in [-0.2, 0) is 6.54 Å². The van der Waals surface area contributed by atoms with E-state index >= 15 is 0 Å². The number of carboxylic acids is 1. The standard InChI is InChI=1S/C13H15N3O3/c1-2-6-16-8-9(7-15-16)19-11-5-3-4-10(12(11)14)13(17)18/h3-5,7-8H,2,6,14H2,1H3,(H,17,18). The monoisotopic (exact) mass is 261 g/mol. The van der Waals surface area contributed by atoms with Gasteiger partial charge >= 0.3 is 5.97 Å². The SMILES string of the molecule is CCCn1cc(Oc2cccc(C(=O)O)c2N)cn1. The van der Waals surface area contributed by atoms with Gasteiger partial charge in [-0.05, 0) is 18.6 Å². The van der Waals surface area contributed by atoms with Crippen LogP contribution in [0.15, 0.2) is 30.6 Å². The van der Waals surface area contributed by atoms with E-state index < -0.39 is 5.97 Å².